The fourth-order valence-electron chi connectivity index (χ4n) is 8.79. The number of aliphatic hydroxyl groups excluding tert-OH is 1. The summed E-state index contributed by atoms with van der Waals surface area (Å²) in [6, 6.07) is 11.4. The number of benzene rings is 2. The molecule has 2 heterocycles. The Kier molecular flexibility index (Phi) is 12.2. The number of aliphatic hydroxyl groups is 1. The number of fused-ring (bicyclic) bond motifs is 3. The molecule has 1 saturated carbocycles. The van der Waals surface area contributed by atoms with Gasteiger partial charge < -0.3 is 19.5 Å². The van der Waals surface area contributed by atoms with Gasteiger partial charge in [-0.1, -0.05) is 56.2 Å². The number of amides is 1. The molecular weight excluding hydrogens is 684 g/mol. The maximum absolute atomic E-state index is 13.9. The van der Waals surface area contributed by atoms with Crippen LogP contribution in [0.3, 0.4) is 0 Å². The molecule has 1 saturated heterocycles. The maximum atomic E-state index is 13.9. The number of allylic oxidation sites excluding steroid dienone is 2. The van der Waals surface area contributed by atoms with Crippen molar-refractivity contribution in [1.29, 1.82) is 0 Å². The second-order valence-electron chi connectivity index (χ2n) is 15.4. The van der Waals surface area contributed by atoms with Crippen LogP contribution in [-0.4, -0.2) is 63.2 Å². The van der Waals surface area contributed by atoms with E-state index in [9.17, 15) is 18.3 Å². The molecule has 2 aliphatic heterocycles. The molecule has 278 valence electrons. The zero-order valence-corrected chi connectivity index (χ0v) is 31.8. The Morgan fingerprint density at radius 2 is 2.04 bits per heavy atom. The molecule has 6 rings (SSSR count). The van der Waals surface area contributed by atoms with E-state index < -0.39 is 27.3 Å². The summed E-state index contributed by atoms with van der Waals surface area (Å²) < 4.78 is 42.6. The smallest absolute Gasteiger partial charge is 0.264 e. The number of carbonyl (C=O) groups is 1. The number of rotatable bonds is 14. The van der Waals surface area contributed by atoms with Gasteiger partial charge in [-0.05, 0) is 123 Å². The highest BCUT2D eigenvalue weighted by atomic mass is 35.5. The largest absolute Gasteiger partial charge is 0.490 e. The third-order valence-electron chi connectivity index (χ3n) is 11.8. The standard InChI is InChI=1S/C41H55ClN2O6S/c1-4-6-7-13-37(45)34-17-14-31(34)25-44-26-41(20-8-11-29-22-32(42)16-18-35(29)41)27-50-38-19-15-30(23-36(38)44)40(46)43-51(47,48)39(28(3)10-5-2)24-33-12-9-21-49-33/h5,7,13,15-16,18-19,22-23,28,31,33-34,37,39,45H,2,4,6,8-12,14,17,20-21,24-27H2,1,3H3,(H,43,46)/b13-7+/t28-,31+,33+,34-,37+,39-,41+/m1/s1. The van der Waals surface area contributed by atoms with Gasteiger partial charge in [-0.25, -0.2) is 13.1 Å². The average molecular weight is 739 g/mol. The summed E-state index contributed by atoms with van der Waals surface area (Å²) in [6.45, 7) is 10.3. The van der Waals surface area contributed by atoms with E-state index in [2.05, 4.69) is 41.3 Å². The lowest BCUT2D eigenvalue weighted by molar-refractivity contribution is 0.0456. The molecule has 4 aliphatic rings. The third-order valence-corrected chi connectivity index (χ3v) is 13.9. The Morgan fingerprint density at radius 3 is 2.76 bits per heavy atom. The number of ether oxygens (including phenoxy) is 2. The minimum Gasteiger partial charge on any atom is -0.490 e. The average Bonchev–Trinajstić information content (AvgIpc) is 3.56. The molecule has 0 radical (unpaired) electrons. The second-order valence-corrected chi connectivity index (χ2v) is 17.7. The van der Waals surface area contributed by atoms with Gasteiger partial charge in [0.25, 0.3) is 5.91 Å². The zero-order chi connectivity index (χ0) is 36.2. The molecule has 2 aromatic rings. The van der Waals surface area contributed by atoms with Crippen LogP contribution in [0.4, 0.5) is 5.69 Å². The minimum atomic E-state index is -4.04. The Hall–Kier alpha value is -2.85. The summed E-state index contributed by atoms with van der Waals surface area (Å²) in [5, 5.41) is 11.0. The summed E-state index contributed by atoms with van der Waals surface area (Å²) in [5.74, 6) is 0.178. The topological polar surface area (TPSA) is 105 Å². The van der Waals surface area contributed by atoms with Crippen molar-refractivity contribution in [3.05, 3.63) is 82.9 Å². The number of unbranched alkanes of at least 4 members (excludes halogenated alkanes) is 1. The van der Waals surface area contributed by atoms with E-state index in [1.165, 1.54) is 11.1 Å². The van der Waals surface area contributed by atoms with E-state index in [-0.39, 0.29) is 34.8 Å². The van der Waals surface area contributed by atoms with E-state index in [1.807, 2.05) is 19.1 Å². The first-order chi connectivity index (χ1) is 24.5. The Balaban J connectivity index is 1.30. The fraction of sp³-hybridized carbons (Fsp3) is 0.585. The molecule has 8 nitrogen and oxygen atoms in total. The molecule has 2 aromatic carbocycles. The number of anilines is 1. The van der Waals surface area contributed by atoms with Crippen molar-refractivity contribution >= 4 is 33.2 Å². The molecular formula is C41H55ClN2O6S. The SMILES string of the molecule is C=CC[C@@H](C)[C@@H](C[C@@H]1CCCO1)S(=O)(=O)NC(=O)c1ccc2c(c1)N(C[C@@H]1CC[C@H]1[C@@H](O)/C=C/CCC)C[C@@]1(CCCc3cc(Cl)ccc31)CO2. The Bertz CT molecular complexity index is 1690. The fourth-order valence-corrected chi connectivity index (χ4v) is 10.7. The summed E-state index contributed by atoms with van der Waals surface area (Å²) in [6.07, 6.45) is 14.6. The first-order valence-electron chi connectivity index (χ1n) is 19.0. The van der Waals surface area contributed by atoms with Crippen molar-refractivity contribution in [2.75, 3.05) is 31.2 Å². The monoisotopic (exact) mass is 738 g/mol. The number of hydrogen-bond acceptors (Lipinski definition) is 7. The number of hydrogen-bond donors (Lipinski definition) is 2. The van der Waals surface area contributed by atoms with Gasteiger partial charge in [-0.2, -0.15) is 0 Å². The molecule has 0 aromatic heterocycles. The summed E-state index contributed by atoms with van der Waals surface area (Å²) in [7, 11) is -4.04. The van der Waals surface area contributed by atoms with Crippen LogP contribution in [0.25, 0.3) is 0 Å². The van der Waals surface area contributed by atoms with Crippen molar-refractivity contribution in [3.63, 3.8) is 0 Å². The number of nitrogens with one attached hydrogen (secondary N) is 1. The van der Waals surface area contributed by atoms with Crippen molar-refractivity contribution in [2.24, 2.45) is 17.8 Å². The molecule has 2 N–H and O–H groups in total. The summed E-state index contributed by atoms with van der Waals surface area (Å²) in [4.78, 5) is 16.2. The maximum Gasteiger partial charge on any atom is 0.264 e. The number of halogens is 1. The van der Waals surface area contributed by atoms with E-state index in [4.69, 9.17) is 21.1 Å². The van der Waals surface area contributed by atoms with Gasteiger partial charge in [0.05, 0.1) is 29.8 Å². The van der Waals surface area contributed by atoms with Gasteiger partial charge in [0.1, 0.15) is 5.75 Å². The number of carbonyl (C=O) groups excluding carboxylic acids is 1. The predicted octanol–water partition coefficient (Wildman–Crippen LogP) is 7.77. The van der Waals surface area contributed by atoms with Crippen molar-refractivity contribution < 1.29 is 27.8 Å². The lowest BCUT2D eigenvalue weighted by Crippen LogP contribution is -2.49. The number of nitrogens with zero attached hydrogens (tertiary/aromatic N) is 1. The van der Waals surface area contributed by atoms with Crippen LogP contribution >= 0.6 is 11.6 Å². The predicted molar refractivity (Wildman–Crippen MR) is 204 cm³/mol. The van der Waals surface area contributed by atoms with Gasteiger partial charge in [0, 0.05) is 35.7 Å². The Labute approximate surface area is 309 Å². The lowest BCUT2D eigenvalue weighted by atomic mass is 9.68. The van der Waals surface area contributed by atoms with E-state index in [0.29, 0.717) is 44.9 Å². The van der Waals surface area contributed by atoms with E-state index in [1.54, 1.807) is 24.3 Å². The van der Waals surface area contributed by atoms with Crippen LogP contribution in [-0.2, 0) is 26.6 Å². The van der Waals surface area contributed by atoms with Crippen molar-refractivity contribution in [1.82, 2.24) is 4.72 Å². The van der Waals surface area contributed by atoms with E-state index in [0.717, 1.165) is 68.5 Å². The lowest BCUT2D eigenvalue weighted by Gasteiger charge is -2.45. The van der Waals surface area contributed by atoms with Crippen LogP contribution < -0.4 is 14.4 Å². The Morgan fingerprint density at radius 1 is 1.20 bits per heavy atom. The summed E-state index contributed by atoms with van der Waals surface area (Å²) in [5.41, 5.74) is 3.24. The third kappa shape index (κ3) is 8.53. The molecule has 1 amide bonds. The molecule has 0 bridgehead atoms. The second kappa shape index (κ2) is 16.4. The molecule has 1 spiro atoms. The van der Waals surface area contributed by atoms with Crippen LogP contribution in [0.2, 0.25) is 5.02 Å². The van der Waals surface area contributed by atoms with Crippen molar-refractivity contribution in [3.8, 4) is 5.75 Å². The quantitative estimate of drug-likeness (QED) is 0.191. The molecule has 2 aliphatic carbocycles. The molecule has 0 unspecified atom stereocenters. The first-order valence-corrected chi connectivity index (χ1v) is 20.9. The van der Waals surface area contributed by atoms with Gasteiger partial charge in [-0.15, -0.1) is 6.58 Å². The van der Waals surface area contributed by atoms with E-state index >= 15 is 0 Å². The minimum absolute atomic E-state index is 0.142. The van der Waals surface area contributed by atoms with Crippen molar-refractivity contribution in [2.45, 2.75) is 107 Å². The first kappa shape index (κ1) is 37.9. The highest BCUT2D eigenvalue weighted by Crippen LogP contribution is 2.47. The molecule has 2 fully saturated rings. The van der Waals surface area contributed by atoms with Gasteiger partial charge >= 0.3 is 0 Å². The van der Waals surface area contributed by atoms with Crippen LogP contribution in [0.5, 0.6) is 5.75 Å². The molecule has 7 atom stereocenters. The normalized spacial score (nSPS) is 26.4. The highest BCUT2D eigenvalue weighted by molar-refractivity contribution is 7.90. The number of aryl methyl sites for hydroxylation is 1. The van der Waals surface area contributed by atoms with Gasteiger partial charge in [0.2, 0.25) is 10.0 Å². The zero-order valence-electron chi connectivity index (χ0n) is 30.2. The van der Waals surface area contributed by atoms with Gasteiger partial charge in [0.15, 0.2) is 0 Å². The summed E-state index contributed by atoms with van der Waals surface area (Å²) >= 11 is 6.45. The van der Waals surface area contributed by atoms with Gasteiger partial charge in [-0.3, -0.25) is 4.79 Å². The molecule has 51 heavy (non-hydrogen) atoms. The number of sulfonamides is 1. The van der Waals surface area contributed by atoms with Crippen LogP contribution in [0, 0.1) is 17.8 Å². The molecule has 10 heteroatoms. The van der Waals surface area contributed by atoms with Crippen LogP contribution in [0.15, 0.2) is 61.2 Å². The highest BCUT2D eigenvalue weighted by Gasteiger charge is 2.44. The van der Waals surface area contributed by atoms with Crippen LogP contribution in [0.1, 0.15) is 99.5 Å².